The minimum Gasteiger partial charge on any atom is -0.335 e. The molecular formula is C14H21ClN2OS. The lowest BCUT2D eigenvalue weighted by Gasteiger charge is -2.24. The van der Waals surface area contributed by atoms with Crippen LogP contribution in [0.3, 0.4) is 0 Å². The Kier molecular flexibility index (Phi) is 6.69. The molecule has 3 nitrogen and oxygen atoms in total. The molecule has 1 heterocycles. The summed E-state index contributed by atoms with van der Waals surface area (Å²) in [6.07, 6.45) is 4.35. The number of carbonyl (C=O) groups excluding carboxylic acids is 1. The van der Waals surface area contributed by atoms with E-state index in [0.29, 0.717) is 12.6 Å². The van der Waals surface area contributed by atoms with Crippen molar-refractivity contribution in [3.8, 4) is 0 Å². The maximum absolute atomic E-state index is 12.4. The fourth-order valence-corrected chi connectivity index (χ4v) is 3.15. The first-order chi connectivity index (χ1) is 8.76. The summed E-state index contributed by atoms with van der Waals surface area (Å²) in [5.74, 6) is 1.20. The van der Waals surface area contributed by atoms with Gasteiger partial charge in [-0.25, -0.2) is 0 Å². The van der Waals surface area contributed by atoms with Gasteiger partial charge in [0.15, 0.2) is 0 Å². The van der Waals surface area contributed by atoms with Gasteiger partial charge in [-0.15, -0.1) is 12.4 Å². The van der Waals surface area contributed by atoms with Crippen LogP contribution in [0.5, 0.6) is 0 Å². The third-order valence-corrected chi connectivity index (χ3v) is 4.15. The Morgan fingerprint density at radius 1 is 1.42 bits per heavy atom. The second kappa shape index (κ2) is 7.78. The summed E-state index contributed by atoms with van der Waals surface area (Å²) >= 11 is 1.81. The smallest absolute Gasteiger partial charge is 0.254 e. The summed E-state index contributed by atoms with van der Waals surface area (Å²) in [5, 5.41) is 0. The fourth-order valence-electron chi connectivity index (χ4n) is 2.42. The Balaban J connectivity index is 0.00000180. The minimum atomic E-state index is 0. The molecule has 1 aliphatic rings. The number of nitrogens with zero attached hydrogens (tertiary/aromatic N) is 1. The predicted octanol–water partition coefficient (Wildman–Crippen LogP) is 2.53. The number of carbonyl (C=O) groups is 1. The molecule has 2 rings (SSSR count). The average molecular weight is 301 g/mol. The Labute approximate surface area is 125 Å². The molecule has 1 atom stereocenters. The summed E-state index contributed by atoms with van der Waals surface area (Å²) in [4.78, 5) is 14.4. The van der Waals surface area contributed by atoms with E-state index in [0.717, 1.165) is 36.3 Å². The van der Waals surface area contributed by atoms with Gasteiger partial charge in [0, 0.05) is 30.4 Å². The second-order valence-electron chi connectivity index (χ2n) is 4.65. The van der Waals surface area contributed by atoms with Crippen molar-refractivity contribution in [2.45, 2.75) is 25.4 Å². The van der Waals surface area contributed by atoms with Crippen LogP contribution in [0.25, 0.3) is 0 Å². The Morgan fingerprint density at radius 3 is 2.68 bits per heavy atom. The van der Waals surface area contributed by atoms with Gasteiger partial charge in [0.25, 0.3) is 5.91 Å². The molecule has 0 aliphatic carbocycles. The summed E-state index contributed by atoms with van der Waals surface area (Å²) in [6.45, 7) is 1.41. The summed E-state index contributed by atoms with van der Waals surface area (Å²) in [6, 6.07) is 8.05. The van der Waals surface area contributed by atoms with Crippen LogP contribution in [0.1, 0.15) is 28.8 Å². The molecule has 1 fully saturated rings. The molecule has 106 valence electrons. The van der Waals surface area contributed by atoms with Gasteiger partial charge in [-0.1, -0.05) is 12.1 Å². The summed E-state index contributed by atoms with van der Waals surface area (Å²) in [7, 11) is 0. The van der Waals surface area contributed by atoms with Crippen LogP contribution in [0.2, 0.25) is 0 Å². The molecule has 2 N–H and O–H groups in total. The normalized spacial score (nSPS) is 18.2. The number of nitrogens with two attached hydrogens (primary N) is 1. The number of amides is 1. The molecule has 1 amide bonds. The Hall–Kier alpha value is -0.710. The zero-order valence-corrected chi connectivity index (χ0v) is 12.8. The van der Waals surface area contributed by atoms with E-state index < -0.39 is 0 Å². The van der Waals surface area contributed by atoms with Gasteiger partial charge in [0.2, 0.25) is 0 Å². The van der Waals surface area contributed by atoms with Crippen LogP contribution >= 0.6 is 24.2 Å². The summed E-state index contributed by atoms with van der Waals surface area (Å²) in [5.41, 5.74) is 7.40. The molecular weight excluding hydrogens is 280 g/mol. The molecule has 1 saturated heterocycles. The largest absolute Gasteiger partial charge is 0.335 e. The highest BCUT2D eigenvalue weighted by atomic mass is 35.5. The van der Waals surface area contributed by atoms with Crippen molar-refractivity contribution in [1.82, 2.24) is 4.90 Å². The van der Waals surface area contributed by atoms with E-state index in [9.17, 15) is 4.79 Å². The number of likely N-dealkylation sites (tertiary alicyclic amines) is 1. The lowest BCUT2D eigenvalue weighted by Crippen LogP contribution is -2.36. The van der Waals surface area contributed by atoms with Crippen molar-refractivity contribution in [2.24, 2.45) is 5.73 Å². The number of benzene rings is 1. The van der Waals surface area contributed by atoms with E-state index in [4.69, 9.17) is 5.73 Å². The van der Waals surface area contributed by atoms with E-state index in [1.165, 1.54) is 0 Å². The highest BCUT2D eigenvalue weighted by molar-refractivity contribution is 7.98. The van der Waals surface area contributed by atoms with Crippen LogP contribution in [0, 0.1) is 0 Å². The number of hydrogen-bond donors (Lipinski definition) is 1. The SMILES string of the molecule is CSCC1CCCN1C(=O)c1ccc(CN)cc1.Cl. The second-order valence-corrected chi connectivity index (χ2v) is 5.56. The lowest BCUT2D eigenvalue weighted by molar-refractivity contribution is 0.0750. The van der Waals surface area contributed by atoms with Gasteiger partial charge < -0.3 is 10.6 Å². The molecule has 1 unspecified atom stereocenters. The van der Waals surface area contributed by atoms with Crippen molar-refractivity contribution in [2.75, 3.05) is 18.6 Å². The molecule has 0 aromatic heterocycles. The Bertz CT molecular complexity index is 410. The standard InChI is InChI=1S/C14H20N2OS.ClH/c1-18-10-13-3-2-8-16(13)14(17)12-6-4-11(9-15)5-7-12;/h4-7,13H,2-3,8-10,15H2,1H3;1H. The Morgan fingerprint density at radius 2 is 2.11 bits per heavy atom. The molecule has 0 spiro atoms. The van der Waals surface area contributed by atoms with Crippen molar-refractivity contribution >= 4 is 30.1 Å². The minimum absolute atomic E-state index is 0. The number of halogens is 1. The maximum atomic E-state index is 12.4. The fraction of sp³-hybridized carbons (Fsp3) is 0.500. The van der Waals surface area contributed by atoms with Crippen LogP contribution in [-0.4, -0.2) is 35.4 Å². The first-order valence-corrected chi connectivity index (χ1v) is 7.74. The quantitative estimate of drug-likeness (QED) is 0.929. The molecule has 19 heavy (non-hydrogen) atoms. The van der Waals surface area contributed by atoms with E-state index in [-0.39, 0.29) is 18.3 Å². The monoisotopic (exact) mass is 300 g/mol. The van der Waals surface area contributed by atoms with E-state index in [1.54, 1.807) is 0 Å². The average Bonchev–Trinajstić information content (AvgIpc) is 2.87. The molecule has 1 aromatic carbocycles. The van der Waals surface area contributed by atoms with Gasteiger partial charge >= 0.3 is 0 Å². The zero-order valence-electron chi connectivity index (χ0n) is 11.2. The number of thioether (sulfide) groups is 1. The van der Waals surface area contributed by atoms with E-state index in [1.807, 2.05) is 40.9 Å². The van der Waals surface area contributed by atoms with Crippen LogP contribution in [0.4, 0.5) is 0 Å². The van der Waals surface area contributed by atoms with Gasteiger partial charge in [0.1, 0.15) is 0 Å². The van der Waals surface area contributed by atoms with Crippen molar-refractivity contribution in [3.05, 3.63) is 35.4 Å². The van der Waals surface area contributed by atoms with Crippen molar-refractivity contribution < 1.29 is 4.79 Å². The molecule has 1 aromatic rings. The number of hydrogen-bond acceptors (Lipinski definition) is 3. The topological polar surface area (TPSA) is 46.3 Å². The third-order valence-electron chi connectivity index (χ3n) is 3.43. The van der Waals surface area contributed by atoms with E-state index in [2.05, 4.69) is 6.26 Å². The predicted molar refractivity (Wildman–Crippen MR) is 84.0 cm³/mol. The summed E-state index contributed by atoms with van der Waals surface area (Å²) < 4.78 is 0. The lowest BCUT2D eigenvalue weighted by atomic mass is 10.1. The van der Waals surface area contributed by atoms with Gasteiger partial charge in [-0.3, -0.25) is 4.79 Å². The molecule has 0 saturated carbocycles. The van der Waals surface area contributed by atoms with E-state index >= 15 is 0 Å². The number of rotatable bonds is 4. The maximum Gasteiger partial charge on any atom is 0.254 e. The molecule has 1 aliphatic heterocycles. The zero-order chi connectivity index (χ0) is 13.0. The van der Waals surface area contributed by atoms with Gasteiger partial charge in [-0.2, -0.15) is 11.8 Å². The molecule has 0 bridgehead atoms. The molecule has 0 radical (unpaired) electrons. The first-order valence-electron chi connectivity index (χ1n) is 6.35. The van der Waals surface area contributed by atoms with Gasteiger partial charge in [-0.05, 0) is 36.8 Å². The van der Waals surface area contributed by atoms with Crippen LogP contribution in [0.15, 0.2) is 24.3 Å². The first kappa shape index (κ1) is 16.3. The highest BCUT2D eigenvalue weighted by Crippen LogP contribution is 2.22. The van der Waals surface area contributed by atoms with Crippen LogP contribution < -0.4 is 5.73 Å². The van der Waals surface area contributed by atoms with Crippen LogP contribution in [-0.2, 0) is 6.54 Å². The van der Waals surface area contributed by atoms with Gasteiger partial charge in [0.05, 0.1) is 0 Å². The molecule has 5 heteroatoms. The van der Waals surface area contributed by atoms with Crippen molar-refractivity contribution in [1.29, 1.82) is 0 Å². The highest BCUT2D eigenvalue weighted by Gasteiger charge is 2.28. The van der Waals surface area contributed by atoms with Crippen molar-refractivity contribution in [3.63, 3.8) is 0 Å². The third kappa shape index (κ3) is 3.88.